The Bertz CT molecular complexity index is 618. The van der Waals surface area contributed by atoms with Crippen LogP contribution in [0.15, 0.2) is 6.33 Å². The summed E-state index contributed by atoms with van der Waals surface area (Å²) in [5, 5.41) is 8.44. The number of anilines is 1. The summed E-state index contributed by atoms with van der Waals surface area (Å²) in [6.07, 6.45) is 9.30. The fourth-order valence-corrected chi connectivity index (χ4v) is 3.50. The molecule has 0 aromatic carbocycles. The Balaban J connectivity index is 1.92. The normalized spacial score (nSPS) is 18.0. The predicted molar refractivity (Wildman–Crippen MR) is 84.8 cm³/mol. The predicted octanol–water partition coefficient (Wildman–Crippen LogP) is 3.86. The quantitative estimate of drug-likeness (QED) is 0.872. The van der Waals surface area contributed by atoms with Crippen LogP contribution in [0.5, 0.6) is 0 Å². The first kappa shape index (κ1) is 14.6. The first-order chi connectivity index (χ1) is 10.2. The van der Waals surface area contributed by atoms with E-state index in [2.05, 4.69) is 27.3 Å². The number of halogens is 1. The number of nitrogens with one attached hydrogen (secondary N) is 1. The third-order valence-corrected chi connectivity index (χ3v) is 4.95. The molecule has 1 atom stereocenters. The monoisotopic (exact) mass is 307 g/mol. The number of hydrogen-bond donors (Lipinski definition) is 1. The zero-order chi connectivity index (χ0) is 14.8. The van der Waals surface area contributed by atoms with Crippen molar-refractivity contribution in [3.8, 4) is 0 Å². The van der Waals surface area contributed by atoms with Crippen molar-refractivity contribution in [1.29, 1.82) is 0 Å². The molecule has 1 N–H and O–H groups in total. The van der Waals surface area contributed by atoms with Gasteiger partial charge < -0.3 is 5.32 Å². The summed E-state index contributed by atoms with van der Waals surface area (Å²) in [4.78, 5) is 8.40. The first-order valence-corrected chi connectivity index (χ1v) is 8.21. The van der Waals surface area contributed by atoms with Crippen LogP contribution in [0.2, 0.25) is 5.15 Å². The molecule has 0 spiro atoms. The molecule has 2 aromatic rings. The van der Waals surface area contributed by atoms with E-state index in [9.17, 15) is 0 Å². The Morgan fingerprint density at radius 2 is 2.14 bits per heavy atom. The molecule has 0 bridgehead atoms. The lowest BCUT2D eigenvalue weighted by molar-refractivity contribution is 0.312. The Labute approximate surface area is 130 Å². The van der Waals surface area contributed by atoms with Gasteiger partial charge in [-0.15, -0.1) is 0 Å². The standard InChI is InChI=1S/C15H22ClN5/c1-3-12(11-7-5-4-6-8-11)19-14-10(2)13(16)20-15-17-9-18-21(14)15/h9,11-12,19H,3-8H2,1-2H3. The van der Waals surface area contributed by atoms with Gasteiger partial charge in [0.1, 0.15) is 17.3 Å². The van der Waals surface area contributed by atoms with Crippen LogP contribution < -0.4 is 5.32 Å². The summed E-state index contributed by atoms with van der Waals surface area (Å²) >= 11 is 6.23. The highest BCUT2D eigenvalue weighted by molar-refractivity contribution is 6.30. The Morgan fingerprint density at radius 3 is 2.86 bits per heavy atom. The second-order valence-corrected chi connectivity index (χ2v) is 6.26. The maximum Gasteiger partial charge on any atom is 0.255 e. The van der Waals surface area contributed by atoms with Crippen LogP contribution in [0.3, 0.4) is 0 Å². The van der Waals surface area contributed by atoms with Gasteiger partial charge in [0.2, 0.25) is 0 Å². The van der Waals surface area contributed by atoms with Crippen molar-refractivity contribution >= 4 is 23.2 Å². The van der Waals surface area contributed by atoms with Crippen molar-refractivity contribution in [3.05, 3.63) is 17.0 Å². The van der Waals surface area contributed by atoms with Crippen molar-refractivity contribution in [3.63, 3.8) is 0 Å². The zero-order valence-corrected chi connectivity index (χ0v) is 13.4. The molecule has 6 heteroatoms. The molecule has 0 aliphatic heterocycles. The smallest absolute Gasteiger partial charge is 0.255 e. The number of rotatable bonds is 4. The van der Waals surface area contributed by atoms with Crippen LogP contribution in [0, 0.1) is 12.8 Å². The minimum atomic E-state index is 0.454. The molecule has 1 aliphatic carbocycles. The Hall–Kier alpha value is -1.36. The van der Waals surface area contributed by atoms with E-state index < -0.39 is 0 Å². The van der Waals surface area contributed by atoms with Crippen molar-refractivity contribution < 1.29 is 0 Å². The third kappa shape index (κ3) is 2.84. The van der Waals surface area contributed by atoms with Crippen LogP contribution in [0.1, 0.15) is 51.0 Å². The van der Waals surface area contributed by atoms with Gasteiger partial charge in [0, 0.05) is 11.6 Å². The van der Waals surface area contributed by atoms with E-state index in [1.807, 2.05) is 6.92 Å². The van der Waals surface area contributed by atoms with E-state index in [0.717, 1.165) is 23.7 Å². The number of nitrogens with zero attached hydrogens (tertiary/aromatic N) is 4. The van der Waals surface area contributed by atoms with Gasteiger partial charge in [-0.2, -0.15) is 19.6 Å². The van der Waals surface area contributed by atoms with E-state index in [-0.39, 0.29) is 0 Å². The zero-order valence-electron chi connectivity index (χ0n) is 12.6. The molecule has 0 amide bonds. The average Bonchev–Trinajstić information content (AvgIpc) is 2.97. The van der Waals surface area contributed by atoms with Gasteiger partial charge in [0.05, 0.1) is 0 Å². The molecule has 5 nitrogen and oxygen atoms in total. The van der Waals surface area contributed by atoms with Crippen LogP contribution in [0.4, 0.5) is 5.82 Å². The van der Waals surface area contributed by atoms with Gasteiger partial charge >= 0.3 is 0 Å². The molecule has 3 rings (SSSR count). The minimum Gasteiger partial charge on any atom is -0.367 e. The molecule has 21 heavy (non-hydrogen) atoms. The topological polar surface area (TPSA) is 55.1 Å². The van der Waals surface area contributed by atoms with Gasteiger partial charge in [-0.05, 0) is 32.1 Å². The lowest BCUT2D eigenvalue weighted by Gasteiger charge is -2.31. The van der Waals surface area contributed by atoms with E-state index in [1.54, 1.807) is 4.52 Å². The summed E-state index contributed by atoms with van der Waals surface area (Å²) in [6, 6.07) is 0.454. The van der Waals surface area contributed by atoms with Gasteiger partial charge in [0.15, 0.2) is 0 Å². The van der Waals surface area contributed by atoms with E-state index in [4.69, 9.17) is 11.6 Å². The molecular weight excluding hydrogens is 286 g/mol. The summed E-state index contributed by atoms with van der Waals surface area (Å²) in [5.41, 5.74) is 0.934. The molecule has 2 aromatic heterocycles. The molecule has 114 valence electrons. The SMILES string of the molecule is CCC(Nc1c(C)c(Cl)nc2ncnn12)C1CCCCC1. The highest BCUT2D eigenvalue weighted by Gasteiger charge is 2.24. The van der Waals surface area contributed by atoms with Crippen LogP contribution in [-0.4, -0.2) is 25.6 Å². The van der Waals surface area contributed by atoms with E-state index >= 15 is 0 Å². The van der Waals surface area contributed by atoms with Crippen LogP contribution in [-0.2, 0) is 0 Å². The van der Waals surface area contributed by atoms with Gasteiger partial charge in [0.25, 0.3) is 5.78 Å². The maximum atomic E-state index is 6.23. The highest BCUT2D eigenvalue weighted by atomic mass is 35.5. The van der Waals surface area contributed by atoms with Crippen molar-refractivity contribution in [2.24, 2.45) is 5.92 Å². The van der Waals surface area contributed by atoms with Crippen LogP contribution >= 0.6 is 11.6 Å². The Kier molecular flexibility index (Phi) is 4.29. The van der Waals surface area contributed by atoms with Gasteiger partial charge in [-0.1, -0.05) is 37.8 Å². The second-order valence-electron chi connectivity index (χ2n) is 5.91. The summed E-state index contributed by atoms with van der Waals surface area (Å²) in [5.74, 6) is 2.21. The molecule has 0 radical (unpaired) electrons. The van der Waals surface area contributed by atoms with E-state index in [0.29, 0.717) is 17.0 Å². The summed E-state index contributed by atoms with van der Waals surface area (Å²) in [6.45, 7) is 4.22. The molecule has 1 fully saturated rings. The molecule has 1 saturated carbocycles. The summed E-state index contributed by atoms with van der Waals surface area (Å²) < 4.78 is 1.76. The maximum absolute atomic E-state index is 6.23. The lowest BCUT2D eigenvalue weighted by atomic mass is 9.83. The minimum absolute atomic E-state index is 0.454. The second kappa shape index (κ2) is 6.18. The van der Waals surface area contributed by atoms with Crippen molar-refractivity contribution in [1.82, 2.24) is 19.6 Å². The lowest BCUT2D eigenvalue weighted by Crippen LogP contribution is -2.31. The fourth-order valence-electron chi connectivity index (χ4n) is 3.33. The molecule has 2 heterocycles. The average molecular weight is 308 g/mol. The highest BCUT2D eigenvalue weighted by Crippen LogP contribution is 2.31. The fraction of sp³-hybridized carbons (Fsp3) is 0.667. The largest absolute Gasteiger partial charge is 0.367 e. The molecule has 1 aliphatic rings. The van der Waals surface area contributed by atoms with Gasteiger partial charge in [-0.25, -0.2) is 0 Å². The molecule has 0 saturated heterocycles. The van der Waals surface area contributed by atoms with Gasteiger partial charge in [-0.3, -0.25) is 0 Å². The van der Waals surface area contributed by atoms with Crippen LogP contribution in [0.25, 0.3) is 5.78 Å². The number of hydrogen-bond acceptors (Lipinski definition) is 4. The number of aromatic nitrogens is 4. The number of fused-ring (bicyclic) bond motifs is 1. The Morgan fingerprint density at radius 1 is 1.38 bits per heavy atom. The third-order valence-electron chi connectivity index (χ3n) is 4.59. The molecular formula is C15H22ClN5. The molecule has 1 unspecified atom stereocenters. The summed E-state index contributed by atoms with van der Waals surface area (Å²) in [7, 11) is 0. The van der Waals surface area contributed by atoms with E-state index in [1.165, 1.54) is 38.4 Å². The van der Waals surface area contributed by atoms with Crippen molar-refractivity contribution in [2.45, 2.75) is 58.4 Å². The van der Waals surface area contributed by atoms with Crippen molar-refractivity contribution in [2.75, 3.05) is 5.32 Å². The first-order valence-electron chi connectivity index (χ1n) is 7.83.